The second-order valence-corrected chi connectivity index (χ2v) is 14.2. The lowest BCUT2D eigenvalue weighted by atomic mass is 9.44. The zero-order chi connectivity index (χ0) is 24.1. The maximum Gasteiger partial charge on any atom is 0.0481 e. The van der Waals surface area contributed by atoms with Crippen LogP contribution in [0.4, 0.5) is 0 Å². The Kier molecular flexibility index (Phi) is 7.04. The van der Waals surface area contributed by atoms with E-state index in [4.69, 9.17) is 11.6 Å². The Morgan fingerprint density at radius 2 is 1.68 bits per heavy atom. The summed E-state index contributed by atoms with van der Waals surface area (Å²) in [6.07, 6.45) is 18.3. The van der Waals surface area contributed by atoms with Crippen molar-refractivity contribution in [1.29, 1.82) is 0 Å². The molecule has 0 bridgehead atoms. The third-order valence-corrected chi connectivity index (χ3v) is 12.1. The highest BCUT2D eigenvalue weighted by atomic mass is 35.5. The summed E-state index contributed by atoms with van der Waals surface area (Å²) in [5.74, 6) is 6.46. The summed E-state index contributed by atoms with van der Waals surface area (Å²) < 4.78 is 0. The van der Waals surface area contributed by atoms with E-state index in [-0.39, 0.29) is 0 Å². The number of halogens is 1. The Labute approximate surface area is 215 Å². The predicted molar refractivity (Wildman–Crippen MR) is 148 cm³/mol. The van der Waals surface area contributed by atoms with Gasteiger partial charge in [0.25, 0.3) is 0 Å². The normalized spacial score (nSPS) is 40.3. The molecule has 0 heterocycles. The molecule has 188 valence electrons. The van der Waals surface area contributed by atoms with E-state index in [0.29, 0.717) is 10.8 Å². The fourth-order valence-electron chi connectivity index (χ4n) is 9.85. The first-order chi connectivity index (χ1) is 16.2. The van der Waals surface area contributed by atoms with Gasteiger partial charge in [-0.05, 0) is 121 Å². The van der Waals surface area contributed by atoms with Crippen molar-refractivity contribution in [3.8, 4) is 0 Å². The molecule has 1 aromatic carbocycles. The van der Waals surface area contributed by atoms with E-state index in [9.17, 15) is 0 Å². The Hall–Kier alpha value is -0.750. The number of fused-ring (bicyclic) bond motifs is 5. The van der Waals surface area contributed by atoms with E-state index in [1.165, 1.54) is 81.8 Å². The smallest absolute Gasteiger partial charge is 0.0481 e. The molecule has 8 atom stereocenters. The summed E-state index contributed by atoms with van der Waals surface area (Å²) in [6, 6.07) is 8.50. The summed E-state index contributed by atoms with van der Waals surface area (Å²) in [7, 11) is 0. The molecule has 34 heavy (non-hydrogen) atoms. The SMILES string of the molecule is CC(C)CCC[C@H](C)[C@@H]1CC[C@@H]2[C@H]3CC[C@H]4CC(c5ccccc5Cl)=CC[C@]4(C)[C@@H]3CC[C@]21C. The minimum atomic E-state index is 0.496. The molecule has 1 aromatic rings. The average Bonchev–Trinajstić information content (AvgIpc) is 3.16. The lowest BCUT2D eigenvalue weighted by molar-refractivity contribution is -0.0999. The van der Waals surface area contributed by atoms with Crippen LogP contribution in [0.2, 0.25) is 5.02 Å². The molecule has 0 amide bonds. The van der Waals surface area contributed by atoms with Crippen molar-refractivity contribution >= 4 is 17.2 Å². The van der Waals surface area contributed by atoms with Crippen molar-refractivity contribution < 1.29 is 0 Å². The van der Waals surface area contributed by atoms with Gasteiger partial charge in [0.1, 0.15) is 0 Å². The molecule has 1 heteroatoms. The Morgan fingerprint density at radius 3 is 2.44 bits per heavy atom. The number of rotatable bonds is 6. The van der Waals surface area contributed by atoms with Gasteiger partial charge in [0, 0.05) is 5.02 Å². The van der Waals surface area contributed by atoms with Gasteiger partial charge in [0.2, 0.25) is 0 Å². The minimum absolute atomic E-state index is 0.496. The first kappa shape index (κ1) is 24.9. The highest BCUT2D eigenvalue weighted by Crippen LogP contribution is 2.68. The van der Waals surface area contributed by atoms with Crippen molar-refractivity contribution in [2.75, 3.05) is 0 Å². The van der Waals surface area contributed by atoms with Crippen molar-refractivity contribution in [3.63, 3.8) is 0 Å². The van der Waals surface area contributed by atoms with Crippen LogP contribution in [0, 0.1) is 52.3 Å². The van der Waals surface area contributed by atoms with Gasteiger partial charge in [-0.1, -0.05) is 89.8 Å². The van der Waals surface area contributed by atoms with Crippen molar-refractivity contribution in [2.24, 2.45) is 52.3 Å². The van der Waals surface area contributed by atoms with Crippen LogP contribution in [0.1, 0.15) is 111 Å². The maximum atomic E-state index is 6.60. The van der Waals surface area contributed by atoms with Crippen LogP contribution in [0.15, 0.2) is 30.3 Å². The molecule has 0 spiro atoms. The Morgan fingerprint density at radius 1 is 0.912 bits per heavy atom. The van der Waals surface area contributed by atoms with E-state index in [2.05, 4.69) is 65.0 Å². The van der Waals surface area contributed by atoms with Crippen molar-refractivity contribution in [3.05, 3.63) is 40.9 Å². The van der Waals surface area contributed by atoms with Gasteiger partial charge in [-0.2, -0.15) is 0 Å². The predicted octanol–water partition coefficient (Wildman–Crippen LogP) is 10.5. The molecule has 4 aliphatic rings. The van der Waals surface area contributed by atoms with E-state index in [0.717, 1.165) is 46.4 Å². The van der Waals surface area contributed by atoms with Crippen LogP contribution < -0.4 is 0 Å². The summed E-state index contributed by atoms with van der Waals surface area (Å²) in [6.45, 7) is 12.8. The standard InChI is InChI=1S/C33H49Cl/c1-22(2)9-8-10-23(3)28-15-16-29-27-14-13-25-21-24(26-11-6-7-12-31(26)34)17-19-32(25,4)30(27)18-20-33(28,29)5/h6-7,11-12,17,22-23,25,27-30H,8-10,13-16,18-21H2,1-5H3/t23-,25-,27+,28-,29+,30+,32-,33-/m0/s1. The molecule has 0 saturated heterocycles. The van der Waals surface area contributed by atoms with Crippen LogP contribution in [0.3, 0.4) is 0 Å². The summed E-state index contributed by atoms with van der Waals surface area (Å²) in [5, 5.41) is 0.930. The van der Waals surface area contributed by atoms with Gasteiger partial charge >= 0.3 is 0 Å². The third kappa shape index (κ3) is 4.23. The Bertz CT molecular complexity index is 898. The number of hydrogen-bond acceptors (Lipinski definition) is 0. The van der Waals surface area contributed by atoms with E-state index < -0.39 is 0 Å². The largest absolute Gasteiger partial charge is 0.0837 e. The van der Waals surface area contributed by atoms with Crippen molar-refractivity contribution in [1.82, 2.24) is 0 Å². The molecule has 4 aliphatic carbocycles. The Balaban J connectivity index is 1.31. The maximum absolute atomic E-state index is 6.60. The molecule has 3 fully saturated rings. The first-order valence-electron chi connectivity index (χ1n) is 14.7. The molecule has 0 aliphatic heterocycles. The topological polar surface area (TPSA) is 0 Å². The lowest BCUT2D eigenvalue weighted by Crippen LogP contribution is -2.52. The monoisotopic (exact) mass is 480 g/mol. The van der Waals surface area contributed by atoms with Gasteiger partial charge in [-0.15, -0.1) is 0 Å². The lowest BCUT2D eigenvalue weighted by Gasteiger charge is -2.60. The van der Waals surface area contributed by atoms with Crippen LogP contribution >= 0.6 is 11.6 Å². The molecule has 5 rings (SSSR count). The second-order valence-electron chi connectivity index (χ2n) is 13.8. The highest BCUT2D eigenvalue weighted by molar-refractivity contribution is 6.32. The minimum Gasteiger partial charge on any atom is -0.0837 e. The van der Waals surface area contributed by atoms with E-state index >= 15 is 0 Å². The number of benzene rings is 1. The molecule has 0 nitrogen and oxygen atoms in total. The quantitative estimate of drug-likeness (QED) is 0.379. The van der Waals surface area contributed by atoms with E-state index in [1.807, 2.05) is 0 Å². The third-order valence-electron chi connectivity index (χ3n) is 11.7. The van der Waals surface area contributed by atoms with Crippen LogP contribution in [0.5, 0.6) is 0 Å². The fourth-order valence-corrected chi connectivity index (χ4v) is 10.1. The summed E-state index contributed by atoms with van der Waals surface area (Å²) in [5.41, 5.74) is 3.91. The fraction of sp³-hybridized carbons (Fsp3) is 0.758. The van der Waals surface area contributed by atoms with Crippen LogP contribution in [-0.4, -0.2) is 0 Å². The molecular formula is C33H49Cl. The van der Waals surface area contributed by atoms with Gasteiger partial charge in [0.15, 0.2) is 0 Å². The van der Waals surface area contributed by atoms with Gasteiger partial charge < -0.3 is 0 Å². The highest BCUT2D eigenvalue weighted by Gasteiger charge is 2.60. The van der Waals surface area contributed by atoms with Crippen molar-refractivity contribution in [2.45, 2.75) is 105 Å². The number of hydrogen-bond donors (Lipinski definition) is 0. The van der Waals surface area contributed by atoms with Crippen LogP contribution in [0.25, 0.3) is 5.57 Å². The zero-order valence-corrected chi connectivity index (χ0v) is 23.3. The zero-order valence-electron chi connectivity index (χ0n) is 22.6. The number of allylic oxidation sites excluding steroid dienone is 2. The van der Waals surface area contributed by atoms with Gasteiger partial charge in [0.05, 0.1) is 0 Å². The van der Waals surface area contributed by atoms with Gasteiger partial charge in [-0.25, -0.2) is 0 Å². The average molecular weight is 481 g/mol. The molecule has 0 radical (unpaired) electrons. The molecule has 3 saturated carbocycles. The van der Waals surface area contributed by atoms with Crippen LogP contribution in [-0.2, 0) is 0 Å². The first-order valence-corrected chi connectivity index (χ1v) is 15.1. The second kappa shape index (κ2) is 9.61. The van der Waals surface area contributed by atoms with E-state index in [1.54, 1.807) is 0 Å². The molecule has 0 aromatic heterocycles. The summed E-state index contributed by atoms with van der Waals surface area (Å²) in [4.78, 5) is 0. The molecular weight excluding hydrogens is 432 g/mol. The molecule has 0 N–H and O–H groups in total. The van der Waals surface area contributed by atoms with Gasteiger partial charge in [-0.3, -0.25) is 0 Å². The summed E-state index contributed by atoms with van der Waals surface area (Å²) >= 11 is 6.60. The molecule has 0 unspecified atom stereocenters.